The summed E-state index contributed by atoms with van der Waals surface area (Å²) >= 11 is 1.67. The first-order valence-electron chi connectivity index (χ1n) is 9.86. The molecule has 7 nitrogen and oxygen atoms in total. The SMILES string of the molecule is CC(C)CC(=O)NCCn1ncc2c(N3CCCC3)nc(SC(C)C)nc21. The topological polar surface area (TPSA) is 75.9 Å². The number of hydrogen-bond acceptors (Lipinski definition) is 6. The molecule has 1 N–H and O–H groups in total. The Kier molecular flexibility index (Phi) is 6.57. The number of rotatable bonds is 8. The average Bonchev–Trinajstić information content (AvgIpc) is 3.23. The third-order valence-corrected chi connectivity index (χ3v) is 5.31. The fourth-order valence-corrected chi connectivity index (χ4v) is 3.96. The Morgan fingerprint density at radius 1 is 1.22 bits per heavy atom. The molecule has 148 valence electrons. The van der Waals surface area contributed by atoms with E-state index in [-0.39, 0.29) is 5.91 Å². The largest absolute Gasteiger partial charge is 0.356 e. The van der Waals surface area contributed by atoms with Gasteiger partial charge in [0.1, 0.15) is 5.82 Å². The second-order valence-electron chi connectivity index (χ2n) is 7.74. The predicted octanol–water partition coefficient (Wildman–Crippen LogP) is 3.09. The maximum absolute atomic E-state index is 11.9. The standard InChI is InChI=1S/C19H30N6OS/c1-13(2)11-16(26)20-7-10-25-18-15(12-21-25)17(24-8-5-6-9-24)22-19(23-18)27-14(3)4/h12-14H,5-11H2,1-4H3,(H,20,26). The number of carbonyl (C=O) groups is 1. The lowest BCUT2D eigenvalue weighted by Gasteiger charge is -2.18. The van der Waals surface area contributed by atoms with Gasteiger partial charge in [-0.05, 0) is 18.8 Å². The molecule has 3 heterocycles. The van der Waals surface area contributed by atoms with Gasteiger partial charge in [0.05, 0.1) is 18.1 Å². The van der Waals surface area contributed by atoms with Crippen LogP contribution in [0.25, 0.3) is 11.0 Å². The van der Waals surface area contributed by atoms with Crippen molar-refractivity contribution in [2.45, 2.75) is 63.9 Å². The molecule has 1 saturated heterocycles. The molecule has 1 fully saturated rings. The van der Waals surface area contributed by atoms with Crippen LogP contribution >= 0.6 is 11.8 Å². The third-order valence-electron chi connectivity index (χ3n) is 4.44. The first kappa shape index (κ1) is 19.9. The van der Waals surface area contributed by atoms with E-state index in [0.717, 1.165) is 35.1 Å². The van der Waals surface area contributed by atoms with Crippen LogP contribution in [0, 0.1) is 5.92 Å². The molecule has 0 unspecified atom stereocenters. The van der Waals surface area contributed by atoms with Crippen LogP contribution in [-0.2, 0) is 11.3 Å². The molecule has 2 aromatic heterocycles. The van der Waals surface area contributed by atoms with Crippen molar-refractivity contribution in [1.29, 1.82) is 0 Å². The van der Waals surface area contributed by atoms with E-state index in [1.165, 1.54) is 12.8 Å². The van der Waals surface area contributed by atoms with Crippen molar-refractivity contribution in [2.24, 2.45) is 5.92 Å². The summed E-state index contributed by atoms with van der Waals surface area (Å²) in [7, 11) is 0. The van der Waals surface area contributed by atoms with Gasteiger partial charge < -0.3 is 10.2 Å². The highest BCUT2D eigenvalue weighted by atomic mass is 32.2. The number of amides is 1. The van der Waals surface area contributed by atoms with E-state index in [1.807, 2.05) is 24.7 Å². The van der Waals surface area contributed by atoms with E-state index >= 15 is 0 Å². The van der Waals surface area contributed by atoms with Crippen molar-refractivity contribution in [3.63, 3.8) is 0 Å². The first-order valence-corrected chi connectivity index (χ1v) is 10.7. The fraction of sp³-hybridized carbons (Fsp3) is 0.684. The zero-order valence-corrected chi connectivity index (χ0v) is 17.6. The number of thioether (sulfide) groups is 1. The first-order chi connectivity index (χ1) is 12.9. The van der Waals surface area contributed by atoms with Crippen molar-refractivity contribution in [3.8, 4) is 0 Å². The molecular weight excluding hydrogens is 360 g/mol. The van der Waals surface area contributed by atoms with E-state index in [2.05, 4.69) is 29.2 Å². The number of anilines is 1. The summed E-state index contributed by atoms with van der Waals surface area (Å²) in [5.41, 5.74) is 0.855. The van der Waals surface area contributed by atoms with E-state index in [0.29, 0.717) is 30.7 Å². The van der Waals surface area contributed by atoms with Gasteiger partial charge >= 0.3 is 0 Å². The number of hydrogen-bond donors (Lipinski definition) is 1. The minimum atomic E-state index is 0.0879. The van der Waals surface area contributed by atoms with Gasteiger partial charge in [0.15, 0.2) is 10.8 Å². The Morgan fingerprint density at radius 3 is 2.63 bits per heavy atom. The average molecular weight is 391 g/mol. The van der Waals surface area contributed by atoms with Crippen molar-refractivity contribution in [2.75, 3.05) is 24.5 Å². The number of nitrogens with one attached hydrogen (secondary N) is 1. The molecule has 1 amide bonds. The molecule has 0 bridgehead atoms. The van der Waals surface area contributed by atoms with Crippen molar-refractivity contribution >= 4 is 34.5 Å². The lowest BCUT2D eigenvalue weighted by molar-refractivity contribution is -0.121. The summed E-state index contributed by atoms with van der Waals surface area (Å²) in [6, 6.07) is 0. The number of aromatic nitrogens is 4. The summed E-state index contributed by atoms with van der Waals surface area (Å²) < 4.78 is 1.89. The second kappa shape index (κ2) is 8.91. The molecule has 3 rings (SSSR count). The molecule has 2 aromatic rings. The highest BCUT2D eigenvalue weighted by Crippen LogP contribution is 2.30. The van der Waals surface area contributed by atoms with Gasteiger partial charge in [0.2, 0.25) is 5.91 Å². The Labute approximate surface area is 165 Å². The molecule has 27 heavy (non-hydrogen) atoms. The number of fused-ring (bicyclic) bond motifs is 1. The summed E-state index contributed by atoms with van der Waals surface area (Å²) in [4.78, 5) is 23.8. The quantitative estimate of drug-likeness (QED) is 0.551. The Bertz CT molecular complexity index is 782. The molecule has 1 aliphatic heterocycles. The van der Waals surface area contributed by atoms with Crippen LogP contribution < -0.4 is 10.2 Å². The van der Waals surface area contributed by atoms with Crippen molar-refractivity contribution < 1.29 is 4.79 Å². The van der Waals surface area contributed by atoms with E-state index in [4.69, 9.17) is 9.97 Å². The molecular formula is C19H30N6OS. The molecule has 0 atom stereocenters. The van der Waals surface area contributed by atoms with Crippen LogP contribution in [0.4, 0.5) is 5.82 Å². The highest BCUT2D eigenvalue weighted by molar-refractivity contribution is 7.99. The summed E-state index contributed by atoms with van der Waals surface area (Å²) in [5.74, 6) is 1.45. The maximum Gasteiger partial charge on any atom is 0.220 e. The van der Waals surface area contributed by atoms with Crippen LogP contribution in [0.2, 0.25) is 0 Å². The third kappa shape index (κ3) is 5.12. The molecule has 0 saturated carbocycles. The normalized spacial score (nSPS) is 14.7. The van der Waals surface area contributed by atoms with Crippen LogP contribution in [0.3, 0.4) is 0 Å². The highest BCUT2D eigenvalue weighted by Gasteiger charge is 2.21. The van der Waals surface area contributed by atoms with E-state index in [9.17, 15) is 4.79 Å². The van der Waals surface area contributed by atoms with Gasteiger partial charge in [-0.15, -0.1) is 0 Å². The van der Waals surface area contributed by atoms with Crippen LogP contribution in [0.15, 0.2) is 11.4 Å². The molecule has 0 radical (unpaired) electrons. The molecule has 0 spiro atoms. The van der Waals surface area contributed by atoms with Crippen molar-refractivity contribution in [3.05, 3.63) is 6.20 Å². The minimum absolute atomic E-state index is 0.0879. The Morgan fingerprint density at radius 2 is 1.96 bits per heavy atom. The van der Waals surface area contributed by atoms with Crippen LogP contribution in [0.5, 0.6) is 0 Å². The van der Waals surface area contributed by atoms with Crippen molar-refractivity contribution in [1.82, 2.24) is 25.1 Å². The predicted molar refractivity (Wildman–Crippen MR) is 110 cm³/mol. The second-order valence-corrected chi connectivity index (χ2v) is 9.29. The lowest BCUT2D eigenvalue weighted by atomic mass is 10.1. The monoisotopic (exact) mass is 390 g/mol. The maximum atomic E-state index is 11.9. The van der Waals surface area contributed by atoms with Crippen LogP contribution in [0.1, 0.15) is 47.0 Å². The van der Waals surface area contributed by atoms with Gasteiger partial charge in [-0.2, -0.15) is 5.10 Å². The van der Waals surface area contributed by atoms with Gasteiger partial charge in [0.25, 0.3) is 0 Å². The van der Waals surface area contributed by atoms with Gasteiger partial charge in [-0.25, -0.2) is 14.6 Å². The smallest absolute Gasteiger partial charge is 0.220 e. The lowest BCUT2D eigenvalue weighted by Crippen LogP contribution is -2.28. The molecule has 0 aliphatic carbocycles. The Balaban J connectivity index is 1.81. The van der Waals surface area contributed by atoms with Gasteiger partial charge in [-0.1, -0.05) is 39.5 Å². The Hall–Kier alpha value is -1.83. The van der Waals surface area contributed by atoms with Gasteiger partial charge in [-0.3, -0.25) is 4.79 Å². The minimum Gasteiger partial charge on any atom is -0.356 e. The molecule has 8 heteroatoms. The van der Waals surface area contributed by atoms with E-state index < -0.39 is 0 Å². The summed E-state index contributed by atoms with van der Waals surface area (Å²) in [6.45, 7) is 11.6. The zero-order valence-electron chi connectivity index (χ0n) is 16.7. The zero-order chi connectivity index (χ0) is 19.4. The fourth-order valence-electron chi connectivity index (χ4n) is 3.26. The summed E-state index contributed by atoms with van der Waals surface area (Å²) in [5, 5.41) is 9.72. The van der Waals surface area contributed by atoms with Crippen LogP contribution in [-0.4, -0.2) is 50.5 Å². The summed E-state index contributed by atoms with van der Waals surface area (Å²) in [6.07, 6.45) is 4.82. The number of carbonyl (C=O) groups excluding carboxylic acids is 1. The molecule has 1 aliphatic rings. The van der Waals surface area contributed by atoms with E-state index in [1.54, 1.807) is 11.8 Å². The van der Waals surface area contributed by atoms with Gasteiger partial charge in [0, 0.05) is 31.3 Å². The molecule has 0 aromatic carbocycles. The number of nitrogens with zero attached hydrogens (tertiary/aromatic N) is 5.